The molecule has 0 aliphatic heterocycles. The van der Waals surface area contributed by atoms with E-state index in [2.05, 4.69) is 94.9 Å². The molecule has 0 bridgehead atoms. The number of fused-ring (bicyclic) bond motifs is 3. The van der Waals surface area contributed by atoms with Crippen LogP contribution in [0.4, 0.5) is 0 Å². The monoisotopic (exact) mass is 332 g/mol. The molecule has 0 radical (unpaired) electrons. The molecule has 0 fully saturated rings. The van der Waals surface area contributed by atoms with Crippen molar-refractivity contribution in [3.05, 3.63) is 97.3 Å². The van der Waals surface area contributed by atoms with Crippen molar-refractivity contribution >= 4 is 21.7 Å². The zero-order valence-electron chi connectivity index (χ0n) is 14.1. The summed E-state index contributed by atoms with van der Waals surface area (Å²) in [4.78, 5) is 9.09. The van der Waals surface area contributed by atoms with E-state index in [1.807, 2.05) is 6.07 Å². The smallest absolute Gasteiger partial charge is 0.116 e. The molecule has 122 valence electrons. The van der Waals surface area contributed by atoms with Crippen LogP contribution in [-0.4, -0.2) is 9.97 Å². The molecular weight excluding hydrogens is 316 g/mol. The summed E-state index contributed by atoms with van der Waals surface area (Å²) in [5.74, 6) is 0. The van der Waals surface area contributed by atoms with Crippen LogP contribution in [0.5, 0.6) is 0 Å². The molecule has 2 heteroatoms. The fourth-order valence-electron chi connectivity index (χ4n) is 3.50. The van der Waals surface area contributed by atoms with Gasteiger partial charge in [-0.1, -0.05) is 84.9 Å². The number of benzene rings is 4. The van der Waals surface area contributed by atoms with E-state index >= 15 is 0 Å². The molecule has 5 rings (SSSR count). The van der Waals surface area contributed by atoms with Gasteiger partial charge in [-0.3, -0.25) is 0 Å². The highest BCUT2D eigenvalue weighted by molar-refractivity contribution is 6.11. The zero-order chi connectivity index (χ0) is 17.3. The maximum atomic E-state index is 4.62. The van der Waals surface area contributed by atoms with Crippen LogP contribution < -0.4 is 0 Å². The molecule has 2 nitrogen and oxygen atoms in total. The fourth-order valence-corrected chi connectivity index (χ4v) is 3.50. The molecular formula is C24H16N2. The van der Waals surface area contributed by atoms with Gasteiger partial charge >= 0.3 is 0 Å². The van der Waals surface area contributed by atoms with E-state index in [9.17, 15) is 0 Å². The lowest BCUT2D eigenvalue weighted by molar-refractivity contribution is 1.23. The molecule has 0 aliphatic rings. The van der Waals surface area contributed by atoms with Crippen molar-refractivity contribution < 1.29 is 0 Å². The molecule has 0 atom stereocenters. The topological polar surface area (TPSA) is 25.8 Å². The van der Waals surface area contributed by atoms with Crippen molar-refractivity contribution in [3.8, 4) is 22.4 Å². The van der Waals surface area contributed by atoms with E-state index < -0.39 is 0 Å². The lowest BCUT2D eigenvalue weighted by Gasteiger charge is -2.09. The van der Waals surface area contributed by atoms with Crippen LogP contribution in [0.25, 0.3) is 44.1 Å². The molecule has 0 spiro atoms. The molecule has 0 unspecified atom stereocenters. The predicted molar refractivity (Wildman–Crippen MR) is 108 cm³/mol. The van der Waals surface area contributed by atoms with Crippen molar-refractivity contribution in [2.45, 2.75) is 0 Å². The highest BCUT2D eigenvalue weighted by Crippen LogP contribution is 2.32. The molecule has 0 aliphatic carbocycles. The molecule has 0 amide bonds. The van der Waals surface area contributed by atoms with E-state index in [4.69, 9.17) is 0 Å². The van der Waals surface area contributed by atoms with Gasteiger partial charge in [0.1, 0.15) is 6.33 Å². The molecule has 1 heterocycles. The lowest BCUT2D eigenvalue weighted by atomic mass is 9.98. The molecule has 0 N–H and O–H groups in total. The lowest BCUT2D eigenvalue weighted by Crippen LogP contribution is -1.90. The minimum atomic E-state index is 0.973. The molecule has 0 saturated carbocycles. The van der Waals surface area contributed by atoms with Crippen LogP contribution in [0.3, 0.4) is 0 Å². The Balaban J connectivity index is 1.71. The number of rotatable bonds is 2. The maximum Gasteiger partial charge on any atom is 0.116 e. The van der Waals surface area contributed by atoms with Crippen molar-refractivity contribution in [1.29, 1.82) is 0 Å². The summed E-state index contributed by atoms with van der Waals surface area (Å²) in [5, 5.41) is 3.50. The Hall–Kier alpha value is -3.52. The van der Waals surface area contributed by atoms with Gasteiger partial charge in [0.15, 0.2) is 0 Å². The van der Waals surface area contributed by atoms with E-state index in [-0.39, 0.29) is 0 Å². The average molecular weight is 332 g/mol. The van der Waals surface area contributed by atoms with Crippen LogP contribution >= 0.6 is 0 Å². The summed E-state index contributed by atoms with van der Waals surface area (Å²) in [6.07, 6.45) is 1.65. The summed E-state index contributed by atoms with van der Waals surface area (Å²) in [6.45, 7) is 0. The summed E-state index contributed by atoms with van der Waals surface area (Å²) >= 11 is 0. The van der Waals surface area contributed by atoms with Crippen molar-refractivity contribution in [1.82, 2.24) is 9.97 Å². The van der Waals surface area contributed by atoms with Crippen molar-refractivity contribution in [2.24, 2.45) is 0 Å². The first kappa shape index (κ1) is 14.8. The quantitative estimate of drug-likeness (QED) is 0.364. The second kappa shape index (κ2) is 6.08. The van der Waals surface area contributed by atoms with Gasteiger partial charge in [-0.25, -0.2) is 9.97 Å². The minimum Gasteiger partial charge on any atom is -0.236 e. The van der Waals surface area contributed by atoms with Crippen LogP contribution in [0, 0.1) is 0 Å². The minimum absolute atomic E-state index is 0.973. The number of hydrogen-bond acceptors (Lipinski definition) is 2. The maximum absolute atomic E-state index is 4.62. The third kappa shape index (κ3) is 2.44. The van der Waals surface area contributed by atoms with Crippen LogP contribution in [0.15, 0.2) is 97.3 Å². The molecule has 0 saturated heterocycles. The van der Waals surface area contributed by atoms with Crippen LogP contribution in [-0.2, 0) is 0 Å². The summed E-state index contributed by atoms with van der Waals surface area (Å²) < 4.78 is 0. The first-order valence-corrected chi connectivity index (χ1v) is 8.68. The second-order valence-electron chi connectivity index (χ2n) is 6.35. The molecule has 26 heavy (non-hydrogen) atoms. The van der Waals surface area contributed by atoms with Gasteiger partial charge in [0.2, 0.25) is 0 Å². The largest absolute Gasteiger partial charge is 0.236 e. The third-order valence-corrected chi connectivity index (χ3v) is 4.79. The van der Waals surface area contributed by atoms with Gasteiger partial charge in [0, 0.05) is 10.9 Å². The van der Waals surface area contributed by atoms with E-state index in [1.165, 1.54) is 21.9 Å². The molecule has 5 aromatic rings. The third-order valence-electron chi connectivity index (χ3n) is 4.79. The van der Waals surface area contributed by atoms with E-state index in [1.54, 1.807) is 6.33 Å². The summed E-state index contributed by atoms with van der Waals surface area (Å²) in [6, 6.07) is 31.6. The van der Waals surface area contributed by atoms with Crippen LogP contribution in [0.1, 0.15) is 0 Å². The van der Waals surface area contributed by atoms with Crippen LogP contribution in [0.2, 0.25) is 0 Å². The van der Waals surface area contributed by atoms with E-state index in [0.29, 0.717) is 0 Å². The fraction of sp³-hybridized carbons (Fsp3) is 0. The first-order valence-electron chi connectivity index (χ1n) is 8.68. The highest BCUT2D eigenvalue weighted by Gasteiger charge is 2.10. The number of aromatic nitrogens is 2. The Morgan fingerprint density at radius 1 is 0.500 bits per heavy atom. The Morgan fingerprint density at radius 3 is 2.04 bits per heavy atom. The normalized spacial score (nSPS) is 11.1. The highest BCUT2D eigenvalue weighted by atomic mass is 14.8. The van der Waals surface area contributed by atoms with Gasteiger partial charge in [0.25, 0.3) is 0 Å². The Kier molecular flexibility index (Phi) is 3.46. The standard InChI is InChI=1S/C24H16N2/c1-2-6-17(7-3-1)18-10-12-20(13-11-18)24-23-21-9-5-4-8-19(21)14-15-22(23)25-16-26-24/h1-16H. The average Bonchev–Trinajstić information content (AvgIpc) is 2.74. The number of hydrogen-bond donors (Lipinski definition) is 0. The molecule has 1 aromatic heterocycles. The Bertz CT molecular complexity index is 1210. The summed E-state index contributed by atoms with van der Waals surface area (Å²) in [7, 11) is 0. The predicted octanol–water partition coefficient (Wildman–Crippen LogP) is 6.12. The second-order valence-corrected chi connectivity index (χ2v) is 6.35. The van der Waals surface area contributed by atoms with Crippen molar-refractivity contribution in [2.75, 3.05) is 0 Å². The summed E-state index contributed by atoms with van der Waals surface area (Å²) in [5.41, 5.74) is 5.48. The zero-order valence-corrected chi connectivity index (χ0v) is 14.1. The van der Waals surface area contributed by atoms with Gasteiger partial charge in [-0.05, 0) is 28.0 Å². The Labute approximate surface area is 151 Å². The van der Waals surface area contributed by atoms with E-state index in [0.717, 1.165) is 22.2 Å². The van der Waals surface area contributed by atoms with Gasteiger partial charge in [-0.2, -0.15) is 0 Å². The first-order chi connectivity index (χ1) is 12.9. The van der Waals surface area contributed by atoms with Gasteiger partial charge in [-0.15, -0.1) is 0 Å². The molecule has 4 aromatic carbocycles. The van der Waals surface area contributed by atoms with Gasteiger partial charge < -0.3 is 0 Å². The Morgan fingerprint density at radius 2 is 1.19 bits per heavy atom. The number of nitrogens with zero attached hydrogens (tertiary/aromatic N) is 2. The van der Waals surface area contributed by atoms with Crippen molar-refractivity contribution in [3.63, 3.8) is 0 Å². The van der Waals surface area contributed by atoms with Gasteiger partial charge in [0.05, 0.1) is 11.2 Å². The SMILES string of the molecule is c1ccc(-c2ccc(-c3ncnc4ccc5ccccc5c34)cc2)cc1.